The van der Waals surface area contributed by atoms with Crippen LogP contribution >= 0.6 is 11.3 Å². The van der Waals surface area contributed by atoms with Gasteiger partial charge in [-0.1, -0.05) is 24.3 Å². The molecule has 0 saturated heterocycles. The molecular formula is C16H13NO2S. The minimum absolute atomic E-state index is 0.00317. The Morgan fingerprint density at radius 1 is 1.20 bits per heavy atom. The van der Waals surface area contributed by atoms with E-state index in [0.717, 1.165) is 27.1 Å². The molecule has 0 saturated carbocycles. The van der Waals surface area contributed by atoms with Gasteiger partial charge in [-0.15, -0.1) is 11.3 Å². The van der Waals surface area contributed by atoms with E-state index < -0.39 is 0 Å². The van der Waals surface area contributed by atoms with E-state index in [4.69, 9.17) is 4.74 Å². The Morgan fingerprint density at radius 3 is 3.00 bits per heavy atom. The highest BCUT2D eigenvalue weighted by atomic mass is 32.1. The summed E-state index contributed by atoms with van der Waals surface area (Å²) in [6.45, 7) is 0.0857. The van der Waals surface area contributed by atoms with Crippen molar-refractivity contribution in [2.45, 2.75) is 12.0 Å². The molecule has 1 aliphatic heterocycles. The van der Waals surface area contributed by atoms with E-state index in [9.17, 15) is 5.11 Å². The number of thiazole rings is 1. The molecule has 2 atom stereocenters. The van der Waals surface area contributed by atoms with Crippen molar-refractivity contribution >= 4 is 21.6 Å². The van der Waals surface area contributed by atoms with E-state index in [-0.39, 0.29) is 18.6 Å². The molecule has 3 aromatic rings. The maximum absolute atomic E-state index is 9.73. The van der Waals surface area contributed by atoms with Gasteiger partial charge in [0.2, 0.25) is 0 Å². The highest BCUT2D eigenvalue weighted by molar-refractivity contribution is 7.16. The molecule has 2 unspecified atom stereocenters. The minimum atomic E-state index is -0.121. The van der Waals surface area contributed by atoms with Crippen molar-refractivity contribution in [2.24, 2.45) is 0 Å². The van der Waals surface area contributed by atoms with E-state index in [1.54, 1.807) is 11.3 Å². The second-order valence-corrected chi connectivity index (χ2v) is 5.83. The smallest absolute Gasteiger partial charge is 0.133 e. The van der Waals surface area contributed by atoms with E-state index in [2.05, 4.69) is 11.1 Å². The van der Waals surface area contributed by atoms with Crippen LogP contribution in [-0.2, 0) is 0 Å². The third-order valence-electron chi connectivity index (χ3n) is 3.82. The number of aliphatic hydroxyl groups excluding tert-OH is 1. The molecule has 1 aromatic heterocycles. The van der Waals surface area contributed by atoms with Crippen LogP contribution in [0.5, 0.6) is 5.75 Å². The van der Waals surface area contributed by atoms with Gasteiger partial charge in [-0.3, -0.25) is 0 Å². The summed E-state index contributed by atoms with van der Waals surface area (Å²) in [5.41, 5.74) is 5.04. The zero-order chi connectivity index (χ0) is 13.5. The van der Waals surface area contributed by atoms with Crippen molar-refractivity contribution in [1.29, 1.82) is 0 Å². The molecule has 0 radical (unpaired) electrons. The number of hydrogen-bond donors (Lipinski definition) is 1. The molecular weight excluding hydrogens is 270 g/mol. The van der Waals surface area contributed by atoms with Crippen molar-refractivity contribution in [3.63, 3.8) is 0 Å². The molecule has 0 aliphatic carbocycles. The predicted octanol–water partition coefficient (Wildman–Crippen LogP) is 3.51. The molecule has 2 aromatic carbocycles. The normalized spacial score (nSPS) is 20.9. The van der Waals surface area contributed by atoms with Gasteiger partial charge in [0, 0.05) is 5.56 Å². The lowest BCUT2D eigenvalue weighted by Crippen LogP contribution is -2.13. The molecule has 4 heteroatoms. The molecule has 0 spiro atoms. The fraction of sp³-hybridized carbons (Fsp3) is 0.188. The first-order chi connectivity index (χ1) is 9.86. The van der Waals surface area contributed by atoms with Gasteiger partial charge in [0.25, 0.3) is 0 Å². The molecule has 0 fully saturated rings. The molecule has 1 aliphatic rings. The first-order valence-electron chi connectivity index (χ1n) is 6.56. The Kier molecular flexibility index (Phi) is 2.72. The van der Waals surface area contributed by atoms with Gasteiger partial charge >= 0.3 is 0 Å². The quantitative estimate of drug-likeness (QED) is 0.782. The third-order valence-corrected chi connectivity index (χ3v) is 4.61. The summed E-state index contributed by atoms with van der Waals surface area (Å²) in [5.74, 6) is 0.873. The number of hydrogen-bond acceptors (Lipinski definition) is 4. The lowest BCUT2D eigenvalue weighted by Gasteiger charge is -2.17. The summed E-state index contributed by atoms with van der Waals surface area (Å²) in [6.07, 6.45) is -0.121. The highest BCUT2D eigenvalue weighted by Crippen LogP contribution is 2.45. The van der Waals surface area contributed by atoms with E-state index in [1.165, 1.54) is 0 Å². The van der Waals surface area contributed by atoms with Crippen molar-refractivity contribution < 1.29 is 9.84 Å². The van der Waals surface area contributed by atoms with Gasteiger partial charge in [0.1, 0.15) is 11.9 Å². The lowest BCUT2D eigenvalue weighted by molar-refractivity contribution is 0.160. The standard InChI is InChI=1S/C16H13NO2S/c18-8-12-11-3-1-2-4-14(11)19-16(12)10-5-6-13-15(7-10)20-9-17-13/h1-7,9,12,16,18H,8H2. The minimum Gasteiger partial charge on any atom is -0.485 e. The first-order valence-corrected chi connectivity index (χ1v) is 7.44. The molecule has 0 amide bonds. The number of nitrogens with zero attached hydrogens (tertiary/aromatic N) is 1. The number of para-hydroxylation sites is 1. The van der Waals surface area contributed by atoms with Crippen molar-refractivity contribution in [1.82, 2.24) is 4.98 Å². The first kappa shape index (κ1) is 11.9. The van der Waals surface area contributed by atoms with Crippen LogP contribution in [-0.4, -0.2) is 16.7 Å². The third kappa shape index (κ3) is 1.72. The van der Waals surface area contributed by atoms with Crippen molar-refractivity contribution in [2.75, 3.05) is 6.61 Å². The Labute approximate surface area is 120 Å². The highest BCUT2D eigenvalue weighted by Gasteiger charge is 2.34. The van der Waals surface area contributed by atoms with Crippen LogP contribution in [0.3, 0.4) is 0 Å². The van der Waals surface area contributed by atoms with Crippen LogP contribution in [0.15, 0.2) is 48.0 Å². The van der Waals surface area contributed by atoms with Gasteiger partial charge in [-0.2, -0.15) is 0 Å². The molecule has 3 nitrogen and oxygen atoms in total. The zero-order valence-electron chi connectivity index (χ0n) is 10.7. The van der Waals surface area contributed by atoms with Gasteiger partial charge in [0.15, 0.2) is 0 Å². The van der Waals surface area contributed by atoms with Gasteiger partial charge in [0.05, 0.1) is 28.3 Å². The lowest BCUT2D eigenvalue weighted by atomic mass is 9.92. The van der Waals surface area contributed by atoms with Gasteiger partial charge in [-0.25, -0.2) is 4.98 Å². The summed E-state index contributed by atoms with van der Waals surface area (Å²) >= 11 is 1.62. The molecule has 0 bridgehead atoms. The maximum Gasteiger partial charge on any atom is 0.133 e. The Morgan fingerprint density at radius 2 is 2.10 bits per heavy atom. The van der Waals surface area contributed by atoms with E-state index in [0.29, 0.717) is 0 Å². The summed E-state index contributed by atoms with van der Waals surface area (Å²) in [4.78, 5) is 4.29. The van der Waals surface area contributed by atoms with E-state index in [1.807, 2.05) is 41.9 Å². The molecule has 100 valence electrons. The number of fused-ring (bicyclic) bond motifs is 2. The number of benzene rings is 2. The molecule has 20 heavy (non-hydrogen) atoms. The van der Waals surface area contributed by atoms with Gasteiger partial charge < -0.3 is 9.84 Å². The maximum atomic E-state index is 9.73. The molecule has 2 heterocycles. The number of ether oxygens (including phenoxy) is 1. The Bertz CT molecular complexity index is 768. The van der Waals surface area contributed by atoms with Crippen LogP contribution in [0, 0.1) is 0 Å². The second-order valence-electron chi connectivity index (χ2n) is 4.94. The van der Waals surface area contributed by atoms with Crippen molar-refractivity contribution in [3.05, 3.63) is 59.1 Å². The zero-order valence-corrected chi connectivity index (χ0v) is 11.5. The summed E-state index contributed by atoms with van der Waals surface area (Å²) in [7, 11) is 0. The van der Waals surface area contributed by atoms with Crippen molar-refractivity contribution in [3.8, 4) is 5.75 Å². The predicted molar refractivity (Wildman–Crippen MR) is 79.3 cm³/mol. The average molecular weight is 283 g/mol. The fourth-order valence-electron chi connectivity index (χ4n) is 2.82. The van der Waals surface area contributed by atoms with Crippen LogP contribution < -0.4 is 4.74 Å². The summed E-state index contributed by atoms with van der Waals surface area (Å²) < 4.78 is 7.20. The molecule has 1 N–H and O–H groups in total. The number of rotatable bonds is 2. The molecule has 4 rings (SSSR count). The fourth-order valence-corrected chi connectivity index (χ4v) is 3.54. The Balaban J connectivity index is 1.78. The summed E-state index contributed by atoms with van der Waals surface area (Å²) in [6, 6.07) is 14.1. The number of aliphatic hydroxyl groups is 1. The van der Waals surface area contributed by atoms with E-state index >= 15 is 0 Å². The second kappa shape index (κ2) is 4.58. The van der Waals surface area contributed by atoms with Gasteiger partial charge in [-0.05, 0) is 23.8 Å². The summed E-state index contributed by atoms with van der Waals surface area (Å²) in [5, 5.41) is 9.73. The largest absolute Gasteiger partial charge is 0.485 e. The number of aromatic nitrogens is 1. The topological polar surface area (TPSA) is 42.4 Å². The Hall–Kier alpha value is -1.91. The monoisotopic (exact) mass is 283 g/mol. The average Bonchev–Trinajstić information content (AvgIpc) is 3.10. The van der Waals surface area contributed by atoms with Crippen LogP contribution in [0.2, 0.25) is 0 Å². The van der Waals surface area contributed by atoms with Crippen LogP contribution in [0.4, 0.5) is 0 Å². The van der Waals surface area contributed by atoms with Crippen LogP contribution in [0.25, 0.3) is 10.2 Å². The van der Waals surface area contributed by atoms with Crippen LogP contribution in [0.1, 0.15) is 23.1 Å². The SMILES string of the molecule is OCC1c2ccccc2OC1c1ccc2ncsc2c1.